The first-order valence-corrected chi connectivity index (χ1v) is 6.51. The number of rotatable bonds is 4. The van der Waals surface area contributed by atoms with Gasteiger partial charge in [0.15, 0.2) is 0 Å². The van der Waals surface area contributed by atoms with E-state index in [9.17, 15) is 4.79 Å². The maximum Gasteiger partial charge on any atom is 0.221 e. The number of carbonyl (C=O) groups excluding carboxylic acids is 1. The van der Waals surface area contributed by atoms with Crippen LogP contribution in [-0.2, 0) is 9.53 Å². The Bertz CT molecular complexity index is 266. The topological polar surface area (TPSA) is 67.6 Å². The standard InChI is InChI=1S/C12H23N3O2/c1-9(6-11-8-17-5-3-14-11)15-4-2-10(7-15)12(13)16/h9-11,14H,2-8H2,1H3,(H2,13,16). The molecule has 3 unspecified atom stereocenters. The Morgan fingerprint density at radius 3 is 3.06 bits per heavy atom. The second-order valence-corrected chi connectivity index (χ2v) is 5.19. The fraction of sp³-hybridized carbons (Fsp3) is 0.917. The van der Waals surface area contributed by atoms with Crippen molar-refractivity contribution in [3.05, 3.63) is 0 Å². The molecule has 0 saturated carbocycles. The fourth-order valence-corrected chi connectivity index (χ4v) is 2.75. The van der Waals surface area contributed by atoms with Crippen molar-refractivity contribution in [2.45, 2.75) is 31.8 Å². The second kappa shape index (κ2) is 5.80. The third kappa shape index (κ3) is 3.40. The van der Waals surface area contributed by atoms with Crippen LogP contribution in [-0.4, -0.2) is 55.7 Å². The minimum Gasteiger partial charge on any atom is -0.379 e. The molecular weight excluding hydrogens is 218 g/mol. The molecule has 2 aliphatic rings. The molecule has 2 fully saturated rings. The van der Waals surface area contributed by atoms with E-state index in [0.29, 0.717) is 12.1 Å². The van der Waals surface area contributed by atoms with E-state index >= 15 is 0 Å². The lowest BCUT2D eigenvalue weighted by atomic mass is 10.1. The number of carbonyl (C=O) groups is 1. The molecule has 5 heteroatoms. The second-order valence-electron chi connectivity index (χ2n) is 5.19. The molecule has 17 heavy (non-hydrogen) atoms. The van der Waals surface area contributed by atoms with Gasteiger partial charge < -0.3 is 15.8 Å². The number of hydrogen-bond acceptors (Lipinski definition) is 4. The third-order valence-corrected chi connectivity index (χ3v) is 3.87. The summed E-state index contributed by atoms with van der Waals surface area (Å²) in [5.74, 6) is -0.105. The van der Waals surface area contributed by atoms with Gasteiger partial charge in [0, 0.05) is 25.2 Å². The van der Waals surface area contributed by atoms with Gasteiger partial charge in [-0.25, -0.2) is 0 Å². The number of morpholine rings is 1. The van der Waals surface area contributed by atoms with E-state index < -0.39 is 0 Å². The highest BCUT2D eigenvalue weighted by Crippen LogP contribution is 2.20. The zero-order valence-corrected chi connectivity index (χ0v) is 10.5. The minimum absolute atomic E-state index is 0.0491. The van der Waals surface area contributed by atoms with Gasteiger partial charge in [-0.15, -0.1) is 0 Å². The van der Waals surface area contributed by atoms with Crippen LogP contribution in [0.25, 0.3) is 0 Å². The molecule has 2 aliphatic heterocycles. The predicted octanol–water partition coefficient (Wildman–Crippen LogP) is -0.439. The van der Waals surface area contributed by atoms with E-state index in [0.717, 1.165) is 45.7 Å². The van der Waals surface area contributed by atoms with Gasteiger partial charge in [-0.3, -0.25) is 9.69 Å². The number of primary amides is 1. The highest BCUT2D eigenvalue weighted by Gasteiger charge is 2.30. The average Bonchev–Trinajstić information content (AvgIpc) is 2.79. The summed E-state index contributed by atoms with van der Waals surface area (Å²) in [5.41, 5.74) is 5.35. The number of nitrogens with zero attached hydrogens (tertiary/aromatic N) is 1. The maximum atomic E-state index is 11.1. The third-order valence-electron chi connectivity index (χ3n) is 3.87. The monoisotopic (exact) mass is 241 g/mol. The Labute approximate surface area is 103 Å². The van der Waals surface area contributed by atoms with Gasteiger partial charge in [-0.2, -0.15) is 0 Å². The van der Waals surface area contributed by atoms with Crippen LogP contribution in [0, 0.1) is 5.92 Å². The van der Waals surface area contributed by atoms with Crippen LogP contribution in [0.2, 0.25) is 0 Å². The van der Waals surface area contributed by atoms with Crippen LogP contribution in [0.15, 0.2) is 0 Å². The van der Waals surface area contributed by atoms with Crippen molar-refractivity contribution in [1.82, 2.24) is 10.2 Å². The molecule has 98 valence electrons. The highest BCUT2D eigenvalue weighted by atomic mass is 16.5. The molecular formula is C12H23N3O2. The van der Waals surface area contributed by atoms with Gasteiger partial charge in [0.1, 0.15) is 0 Å². The molecule has 0 bridgehead atoms. The molecule has 5 nitrogen and oxygen atoms in total. The first-order chi connectivity index (χ1) is 8.16. The van der Waals surface area contributed by atoms with Crippen molar-refractivity contribution < 1.29 is 9.53 Å². The molecule has 0 radical (unpaired) electrons. The van der Waals surface area contributed by atoms with Gasteiger partial charge in [-0.05, 0) is 26.3 Å². The summed E-state index contributed by atoms with van der Waals surface area (Å²) in [6.45, 7) is 6.60. The van der Waals surface area contributed by atoms with Gasteiger partial charge in [0.25, 0.3) is 0 Å². The van der Waals surface area contributed by atoms with Crippen LogP contribution in [0.1, 0.15) is 19.8 Å². The summed E-state index contributed by atoms with van der Waals surface area (Å²) in [4.78, 5) is 13.5. The normalized spacial score (nSPS) is 32.5. The van der Waals surface area contributed by atoms with Crippen LogP contribution < -0.4 is 11.1 Å². The van der Waals surface area contributed by atoms with E-state index in [1.807, 2.05) is 0 Å². The largest absolute Gasteiger partial charge is 0.379 e. The van der Waals surface area contributed by atoms with Gasteiger partial charge in [0.05, 0.1) is 19.1 Å². The van der Waals surface area contributed by atoms with Crippen molar-refractivity contribution in [2.75, 3.05) is 32.8 Å². The molecule has 3 atom stereocenters. The van der Waals surface area contributed by atoms with E-state index in [1.165, 1.54) is 0 Å². The summed E-state index contributed by atoms with van der Waals surface area (Å²) in [6, 6.07) is 0.935. The molecule has 2 saturated heterocycles. The number of likely N-dealkylation sites (tertiary alicyclic amines) is 1. The van der Waals surface area contributed by atoms with Crippen molar-refractivity contribution >= 4 is 5.91 Å². The van der Waals surface area contributed by atoms with E-state index in [-0.39, 0.29) is 11.8 Å². The number of hydrogen-bond donors (Lipinski definition) is 2. The Morgan fingerprint density at radius 1 is 1.65 bits per heavy atom. The van der Waals surface area contributed by atoms with Crippen LogP contribution in [0.4, 0.5) is 0 Å². The SMILES string of the molecule is CC(CC1COCCN1)N1CCC(C(N)=O)C1. The summed E-state index contributed by atoms with van der Waals surface area (Å²) < 4.78 is 5.45. The quantitative estimate of drug-likeness (QED) is 0.700. The molecule has 0 spiro atoms. The van der Waals surface area contributed by atoms with Gasteiger partial charge in [0.2, 0.25) is 5.91 Å². The van der Waals surface area contributed by atoms with Crippen LogP contribution >= 0.6 is 0 Å². The predicted molar refractivity (Wildman–Crippen MR) is 65.6 cm³/mol. The first kappa shape index (κ1) is 12.8. The smallest absolute Gasteiger partial charge is 0.221 e. The van der Waals surface area contributed by atoms with E-state index in [2.05, 4.69) is 17.1 Å². The number of amides is 1. The molecule has 2 heterocycles. The number of nitrogens with two attached hydrogens (primary N) is 1. The Kier molecular flexibility index (Phi) is 4.36. The number of ether oxygens (including phenoxy) is 1. The van der Waals surface area contributed by atoms with Crippen molar-refractivity contribution in [3.8, 4) is 0 Å². The van der Waals surface area contributed by atoms with Crippen molar-refractivity contribution in [3.63, 3.8) is 0 Å². The van der Waals surface area contributed by atoms with Crippen molar-refractivity contribution in [2.24, 2.45) is 11.7 Å². The Balaban J connectivity index is 1.76. The lowest BCUT2D eigenvalue weighted by Crippen LogP contribution is -2.45. The van der Waals surface area contributed by atoms with Crippen LogP contribution in [0.5, 0.6) is 0 Å². The van der Waals surface area contributed by atoms with Crippen molar-refractivity contribution in [1.29, 1.82) is 0 Å². The molecule has 0 aromatic carbocycles. The zero-order chi connectivity index (χ0) is 12.3. The maximum absolute atomic E-state index is 11.1. The molecule has 0 aromatic heterocycles. The van der Waals surface area contributed by atoms with E-state index in [1.54, 1.807) is 0 Å². The summed E-state index contributed by atoms with van der Waals surface area (Å²) in [5, 5.41) is 3.46. The van der Waals surface area contributed by atoms with Gasteiger partial charge >= 0.3 is 0 Å². The lowest BCUT2D eigenvalue weighted by Gasteiger charge is -2.30. The average molecular weight is 241 g/mol. The molecule has 3 N–H and O–H groups in total. The molecule has 1 amide bonds. The summed E-state index contributed by atoms with van der Waals surface area (Å²) in [7, 11) is 0. The molecule has 0 aliphatic carbocycles. The fourth-order valence-electron chi connectivity index (χ4n) is 2.75. The number of nitrogens with one attached hydrogen (secondary N) is 1. The van der Waals surface area contributed by atoms with Crippen LogP contribution in [0.3, 0.4) is 0 Å². The Hall–Kier alpha value is -0.650. The highest BCUT2D eigenvalue weighted by molar-refractivity contribution is 5.77. The molecule has 0 aromatic rings. The zero-order valence-electron chi connectivity index (χ0n) is 10.5. The Morgan fingerprint density at radius 2 is 2.47 bits per heavy atom. The molecule has 2 rings (SSSR count). The lowest BCUT2D eigenvalue weighted by molar-refractivity contribution is -0.121. The first-order valence-electron chi connectivity index (χ1n) is 6.51. The van der Waals surface area contributed by atoms with E-state index in [4.69, 9.17) is 10.5 Å². The minimum atomic E-state index is -0.154. The summed E-state index contributed by atoms with van der Waals surface area (Å²) >= 11 is 0. The van der Waals surface area contributed by atoms with Gasteiger partial charge in [-0.1, -0.05) is 0 Å². The summed E-state index contributed by atoms with van der Waals surface area (Å²) in [6.07, 6.45) is 1.99.